The van der Waals surface area contributed by atoms with Gasteiger partial charge in [-0.25, -0.2) is 4.98 Å². The normalized spacial score (nSPS) is 18.8. The summed E-state index contributed by atoms with van der Waals surface area (Å²) in [7, 11) is 2.18. The Morgan fingerprint density at radius 3 is 2.57 bits per heavy atom. The van der Waals surface area contributed by atoms with E-state index in [4.69, 9.17) is 9.72 Å². The van der Waals surface area contributed by atoms with Crippen LogP contribution in [0.3, 0.4) is 0 Å². The highest BCUT2D eigenvalue weighted by molar-refractivity contribution is 5.77. The van der Waals surface area contributed by atoms with Gasteiger partial charge in [0.15, 0.2) is 0 Å². The zero-order valence-corrected chi connectivity index (χ0v) is 17.6. The van der Waals surface area contributed by atoms with Crippen molar-refractivity contribution in [2.75, 3.05) is 56.7 Å². The molecule has 0 radical (unpaired) electrons. The van der Waals surface area contributed by atoms with E-state index in [-0.39, 0.29) is 0 Å². The first-order chi connectivity index (χ1) is 14.7. The first-order valence-corrected chi connectivity index (χ1v) is 10.9. The molecule has 7 nitrogen and oxygen atoms in total. The molecule has 4 heterocycles. The Hall–Kier alpha value is -2.64. The molecule has 0 amide bonds. The largest absolute Gasteiger partial charge is 0.381 e. The summed E-state index contributed by atoms with van der Waals surface area (Å²) in [5, 5.41) is 4.45. The summed E-state index contributed by atoms with van der Waals surface area (Å²) in [5.74, 6) is 1.30. The number of rotatable bonds is 5. The summed E-state index contributed by atoms with van der Waals surface area (Å²) >= 11 is 0. The monoisotopic (exact) mass is 406 g/mol. The van der Waals surface area contributed by atoms with Crippen molar-refractivity contribution in [2.45, 2.75) is 19.4 Å². The number of benzene rings is 1. The van der Waals surface area contributed by atoms with Gasteiger partial charge in [-0.1, -0.05) is 0 Å². The number of hydrogen-bond acceptors (Lipinski definition) is 6. The molecule has 3 aromatic rings. The molecule has 30 heavy (non-hydrogen) atoms. The SMILES string of the molecule is CN1CCN(c2ccc(Nc3ncc4ccn(CC5CCOCC5)c4n3)cc2)CC1. The minimum absolute atomic E-state index is 0.641. The Morgan fingerprint density at radius 1 is 1.03 bits per heavy atom. The van der Waals surface area contributed by atoms with Crippen LogP contribution < -0.4 is 10.2 Å². The van der Waals surface area contributed by atoms with Crippen LogP contribution in [0.5, 0.6) is 0 Å². The maximum Gasteiger partial charge on any atom is 0.229 e. The highest BCUT2D eigenvalue weighted by Crippen LogP contribution is 2.24. The van der Waals surface area contributed by atoms with Crippen LogP contribution in [0.25, 0.3) is 11.0 Å². The lowest BCUT2D eigenvalue weighted by atomic mass is 10.0. The molecule has 2 fully saturated rings. The second kappa shape index (κ2) is 8.62. The molecule has 2 aliphatic heterocycles. The average Bonchev–Trinajstić information content (AvgIpc) is 3.18. The number of likely N-dealkylation sites (N-methyl/N-ethyl adjacent to an activating group) is 1. The molecule has 2 aromatic heterocycles. The van der Waals surface area contributed by atoms with E-state index in [2.05, 4.69) is 68.2 Å². The first-order valence-electron chi connectivity index (χ1n) is 10.9. The van der Waals surface area contributed by atoms with E-state index < -0.39 is 0 Å². The predicted molar refractivity (Wildman–Crippen MR) is 121 cm³/mol. The maximum absolute atomic E-state index is 5.49. The molecule has 0 saturated carbocycles. The third kappa shape index (κ3) is 4.27. The van der Waals surface area contributed by atoms with Gasteiger partial charge in [0.05, 0.1) is 0 Å². The molecular weight excluding hydrogens is 376 g/mol. The van der Waals surface area contributed by atoms with Gasteiger partial charge in [-0.15, -0.1) is 0 Å². The lowest BCUT2D eigenvalue weighted by Gasteiger charge is -2.34. The molecular formula is C23H30N6O. The van der Waals surface area contributed by atoms with Crippen molar-refractivity contribution in [3.8, 4) is 0 Å². The lowest BCUT2D eigenvalue weighted by Crippen LogP contribution is -2.44. The standard InChI is InChI=1S/C23H30N6O/c1-27-10-12-28(13-11-27)21-4-2-20(3-5-21)25-23-24-16-19-6-9-29(22(19)26-23)17-18-7-14-30-15-8-18/h2-6,9,16,18H,7-8,10-15,17H2,1H3,(H,24,25,26). The highest BCUT2D eigenvalue weighted by Gasteiger charge is 2.16. The van der Waals surface area contributed by atoms with Gasteiger partial charge in [0.2, 0.25) is 5.95 Å². The Morgan fingerprint density at radius 2 is 1.80 bits per heavy atom. The third-order valence-electron chi connectivity index (χ3n) is 6.29. The van der Waals surface area contributed by atoms with Gasteiger partial charge in [0.25, 0.3) is 0 Å². The number of anilines is 3. The molecule has 7 heteroatoms. The van der Waals surface area contributed by atoms with Crippen molar-refractivity contribution in [2.24, 2.45) is 5.92 Å². The van der Waals surface area contributed by atoms with Crippen LogP contribution in [0.15, 0.2) is 42.7 Å². The van der Waals surface area contributed by atoms with E-state index in [1.54, 1.807) is 0 Å². The molecule has 2 saturated heterocycles. The third-order valence-corrected chi connectivity index (χ3v) is 6.29. The second-order valence-electron chi connectivity index (χ2n) is 8.46. The number of nitrogens with zero attached hydrogens (tertiary/aromatic N) is 5. The fourth-order valence-corrected chi connectivity index (χ4v) is 4.33. The van der Waals surface area contributed by atoms with Crippen LogP contribution in [-0.2, 0) is 11.3 Å². The van der Waals surface area contributed by atoms with E-state index in [1.165, 1.54) is 5.69 Å². The van der Waals surface area contributed by atoms with E-state index in [0.29, 0.717) is 11.9 Å². The molecule has 0 spiro atoms. The van der Waals surface area contributed by atoms with Crippen LogP contribution in [0.2, 0.25) is 0 Å². The Balaban J connectivity index is 1.28. The van der Waals surface area contributed by atoms with Crippen molar-refractivity contribution >= 4 is 28.4 Å². The Labute approximate surface area is 177 Å². The lowest BCUT2D eigenvalue weighted by molar-refractivity contribution is 0.0616. The van der Waals surface area contributed by atoms with E-state index in [9.17, 15) is 0 Å². The van der Waals surface area contributed by atoms with Crippen molar-refractivity contribution < 1.29 is 4.74 Å². The summed E-state index contributed by atoms with van der Waals surface area (Å²) in [6, 6.07) is 10.7. The fourth-order valence-electron chi connectivity index (χ4n) is 4.33. The van der Waals surface area contributed by atoms with Gasteiger partial charge in [0.1, 0.15) is 5.65 Å². The molecule has 1 aromatic carbocycles. The van der Waals surface area contributed by atoms with Gasteiger partial charge >= 0.3 is 0 Å². The van der Waals surface area contributed by atoms with E-state index in [1.807, 2.05) is 6.20 Å². The topological polar surface area (TPSA) is 58.5 Å². The summed E-state index contributed by atoms with van der Waals surface area (Å²) < 4.78 is 7.75. The molecule has 0 unspecified atom stereocenters. The summed E-state index contributed by atoms with van der Waals surface area (Å²) in [4.78, 5) is 14.1. The van der Waals surface area contributed by atoms with Gasteiger partial charge in [0, 0.05) is 75.1 Å². The Bertz CT molecular complexity index is 971. The smallest absolute Gasteiger partial charge is 0.229 e. The minimum Gasteiger partial charge on any atom is -0.381 e. The Kier molecular flexibility index (Phi) is 5.55. The van der Waals surface area contributed by atoms with E-state index in [0.717, 1.165) is 75.5 Å². The van der Waals surface area contributed by atoms with E-state index >= 15 is 0 Å². The molecule has 0 atom stereocenters. The fraction of sp³-hybridized carbons (Fsp3) is 0.478. The zero-order valence-electron chi connectivity index (χ0n) is 17.6. The van der Waals surface area contributed by atoms with Crippen LogP contribution in [0, 0.1) is 5.92 Å². The quantitative estimate of drug-likeness (QED) is 0.701. The number of piperazine rings is 1. The van der Waals surface area contributed by atoms with Crippen molar-refractivity contribution in [3.63, 3.8) is 0 Å². The van der Waals surface area contributed by atoms with Gasteiger partial charge in [-0.05, 0) is 56.1 Å². The van der Waals surface area contributed by atoms with Gasteiger partial charge in [-0.2, -0.15) is 4.98 Å². The molecule has 0 bridgehead atoms. The number of ether oxygens (including phenoxy) is 1. The van der Waals surface area contributed by atoms with Crippen LogP contribution in [0.4, 0.5) is 17.3 Å². The summed E-state index contributed by atoms with van der Waals surface area (Å²) in [5.41, 5.74) is 3.28. The number of hydrogen-bond donors (Lipinski definition) is 1. The molecule has 158 valence electrons. The molecule has 5 rings (SSSR count). The minimum atomic E-state index is 0.641. The van der Waals surface area contributed by atoms with Crippen molar-refractivity contribution in [3.05, 3.63) is 42.7 Å². The average molecular weight is 407 g/mol. The number of aromatic nitrogens is 3. The summed E-state index contributed by atoms with van der Waals surface area (Å²) in [6.45, 7) is 7.11. The highest BCUT2D eigenvalue weighted by atomic mass is 16.5. The molecule has 0 aliphatic carbocycles. The molecule has 1 N–H and O–H groups in total. The van der Waals surface area contributed by atoms with Crippen LogP contribution >= 0.6 is 0 Å². The maximum atomic E-state index is 5.49. The van der Waals surface area contributed by atoms with Crippen molar-refractivity contribution in [1.29, 1.82) is 0 Å². The zero-order chi connectivity index (χ0) is 20.3. The predicted octanol–water partition coefficient (Wildman–Crippen LogP) is 3.35. The number of fused-ring (bicyclic) bond motifs is 1. The van der Waals surface area contributed by atoms with Gasteiger partial charge < -0.3 is 24.4 Å². The van der Waals surface area contributed by atoms with Crippen LogP contribution in [0.1, 0.15) is 12.8 Å². The molecule has 2 aliphatic rings. The second-order valence-corrected chi connectivity index (χ2v) is 8.46. The van der Waals surface area contributed by atoms with Crippen LogP contribution in [-0.4, -0.2) is 65.9 Å². The van der Waals surface area contributed by atoms with Crippen molar-refractivity contribution in [1.82, 2.24) is 19.4 Å². The van der Waals surface area contributed by atoms with Gasteiger partial charge in [-0.3, -0.25) is 0 Å². The number of nitrogens with one attached hydrogen (secondary N) is 1. The summed E-state index contributed by atoms with van der Waals surface area (Å²) in [6.07, 6.45) is 6.28. The first kappa shape index (κ1) is 19.3.